The smallest absolute Gasteiger partial charge is 0.272 e. The highest BCUT2D eigenvalue weighted by molar-refractivity contribution is 5.99. The molecule has 4 N–H and O–H groups in total. The van der Waals surface area contributed by atoms with Crippen molar-refractivity contribution >= 4 is 11.7 Å². The van der Waals surface area contributed by atoms with E-state index in [2.05, 4.69) is 20.4 Å². The summed E-state index contributed by atoms with van der Waals surface area (Å²) in [6.07, 6.45) is 5.28. The van der Waals surface area contributed by atoms with Gasteiger partial charge in [-0.05, 0) is 12.8 Å². The van der Waals surface area contributed by atoms with Gasteiger partial charge in [-0.3, -0.25) is 9.78 Å². The number of carbonyl (C=O) groups is 1. The van der Waals surface area contributed by atoms with Crippen LogP contribution in [0.1, 0.15) is 37.2 Å². The first-order valence-electron chi connectivity index (χ1n) is 5.66. The van der Waals surface area contributed by atoms with Crippen molar-refractivity contribution in [3.63, 3.8) is 0 Å². The average molecular weight is 251 g/mol. The van der Waals surface area contributed by atoms with Crippen molar-refractivity contribution in [2.75, 3.05) is 0 Å². The van der Waals surface area contributed by atoms with Crippen LogP contribution in [-0.2, 0) is 0 Å². The Morgan fingerprint density at radius 2 is 2.17 bits per heavy atom. The fourth-order valence-electron chi connectivity index (χ4n) is 1.65. The summed E-state index contributed by atoms with van der Waals surface area (Å²) in [6.45, 7) is 3.69. The van der Waals surface area contributed by atoms with E-state index in [9.17, 15) is 4.79 Å². The van der Waals surface area contributed by atoms with Crippen molar-refractivity contribution in [2.24, 2.45) is 10.9 Å². The van der Waals surface area contributed by atoms with Crippen LogP contribution in [0.2, 0.25) is 0 Å². The molecule has 1 aromatic heterocycles. The van der Waals surface area contributed by atoms with Crippen LogP contribution >= 0.6 is 0 Å². The number of carbonyl (C=O) groups excluding carboxylic acids is 1. The summed E-state index contributed by atoms with van der Waals surface area (Å²) in [4.78, 5) is 19.7. The van der Waals surface area contributed by atoms with Crippen LogP contribution in [0, 0.1) is 0 Å². The lowest BCUT2D eigenvalue weighted by Crippen LogP contribution is -2.57. The van der Waals surface area contributed by atoms with Gasteiger partial charge in [0.2, 0.25) is 0 Å². The number of hydrogen-bond donors (Lipinski definition) is 3. The van der Waals surface area contributed by atoms with Crippen LogP contribution in [0.25, 0.3) is 0 Å². The molecule has 0 atom stereocenters. The van der Waals surface area contributed by atoms with Crippen molar-refractivity contribution in [3.05, 3.63) is 24.3 Å². The van der Waals surface area contributed by atoms with E-state index in [0.29, 0.717) is 12.8 Å². The second-order valence-corrected chi connectivity index (χ2v) is 3.82. The summed E-state index contributed by atoms with van der Waals surface area (Å²) < 4.78 is 0. The zero-order valence-electron chi connectivity index (χ0n) is 10.4. The van der Waals surface area contributed by atoms with E-state index in [1.54, 1.807) is 0 Å². The Morgan fingerprint density at radius 3 is 2.61 bits per heavy atom. The van der Waals surface area contributed by atoms with Gasteiger partial charge >= 0.3 is 0 Å². The summed E-state index contributed by atoms with van der Waals surface area (Å²) in [5, 5.41) is 14.5. The van der Waals surface area contributed by atoms with E-state index < -0.39 is 11.4 Å². The summed E-state index contributed by atoms with van der Waals surface area (Å²) in [6, 6.07) is 0. The fourth-order valence-corrected chi connectivity index (χ4v) is 1.65. The minimum atomic E-state index is -0.872. The molecule has 1 rings (SSSR count). The topological polar surface area (TPSA) is 113 Å². The summed E-state index contributed by atoms with van der Waals surface area (Å²) in [5.74, 6) is -0.428. The molecule has 0 aromatic carbocycles. The number of amidine groups is 1. The Kier molecular flexibility index (Phi) is 4.59. The number of nitrogens with two attached hydrogens (primary N) is 1. The molecule has 7 heteroatoms. The lowest BCUT2D eigenvalue weighted by molar-refractivity contribution is 0.0912. The van der Waals surface area contributed by atoms with Crippen molar-refractivity contribution in [1.29, 1.82) is 0 Å². The standard InChI is InChI=1S/C11H17N5O2/c1-3-11(4-2,10(12)16-18)15-9(17)8-7-13-5-6-14-8/h5-7,18H,3-4H2,1-2H3,(H2,12,16)(H,15,17). The molecule has 0 saturated carbocycles. The van der Waals surface area contributed by atoms with Gasteiger partial charge < -0.3 is 16.3 Å². The molecule has 0 bridgehead atoms. The van der Waals surface area contributed by atoms with E-state index >= 15 is 0 Å². The van der Waals surface area contributed by atoms with E-state index in [1.165, 1.54) is 18.6 Å². The third-order valence-electron chi connectivity index (χ3n) is 2.95. The van der Waals surface area contributed by atoms with Gasteiger partial charge in [0.25, 0.3) is 5.91 Å². The maximum atomic E-state index is 12.0. The second-order valence-electron chi connectivity index (χ2n) is 3.82. The predicted octanol–water partition coefficient (Wildman–Crippen LogP) is 0.512. The van der Waals surface area contributed by atoms with Crippen LogP contribution in [0.15, 0.2) is 23.7 Å². The number of hydrogen-bond acceptors (Lipinski definition) is 5. The van der Waals surface area contributed by atoms with Crippen LogP contribution in [0.5, 0.6) is 0 Å². The van der Waals surface area contributed by atoms with Crippen LogP contribution in [-0.4, -0.2) is 32.5 Å². The molecule has 98 valence electrons. The molecule has 0 fully saturated rings. The van der Waals surface area contributed by atoms with Crippen molar-refractivity contribution in [3.8, 4) is 0 Å². The third kappa shape index (κ3) is 2.73. The van der Waals surface area contributed by atoms with Crippen molar-refractivity contribution in [2.45, 2.75) is 32.2 Å². The summed E-state index contributed by atoms with van der Waals surface area (Å²) >= 11 is 0. The Hall–Kier alpha value is -2.18. The first-order valence-corrected chi connectivity index (χ1v) is 5.66. The van der Waals surface area contributed by atoms with Gasteiger partial charge in [-0.25, -0.2) is 4.98 Å². The Bertz CT molecular complexity index is 428. The number of oxime groups is 1. The Labute approximate surface area is 105 Å². The van der Waals surface area contributed by atoms with Gasteiger partial charge in [-0.1, -0.05) is 19.0 Å². The lowest BCUT2D eigenvalue weighted by atomic mass is 9.91. The van der Waals surface area contributed by atoms with Crippen LogP contribution < -0.4 is 11.1 Å². The van der Waals surface area contributed by atoms with Gasteiger partial charge in [-0.2, -0.15) is 0 Å². The minimum Gasteiger partial charge on any atom is -0.409 e. The number of rotatable bonds is 5. The van der Waals surface area contributed by atoms with E-state index in [-0.39, 0.29) is 11.5 Å². The van der Waals surface area contributed by atoms with Crippen LogP contribution in [0.3, 0.4) is 0 Å². The van der Waals surface area contributed by atoms with Gasteiger partial charge in [0.1, 0.15) is 11.2 Å². The highest BCUT2D eigenvalue weighted by Gasteiger charge is 2.33. The van der Waals surface area contributed by atoms with Gasteiger partial charge in [0, 0.05) is 12.4 Å². The first kappa shape index (κ1) is 13.9. The number of aromatic nitrogens is 2. The monoisotopic (exact) mass is 251 g/mol. The summed E-state index contributed by atoms with van der Waals surface area (Å²) in [7, 11) is 0. The molecule has 0 unspecified atom stereocenters. The minimum absolute atomic E-state index is 0.0234. The van der Waals surface area contributed by atoms with E-state index in [1.807, 2.05) is 13.8 Å². The Balaban J connectivity index is 2.95. The molecule has 1 aromatic rings. The molecule has 0 radical (unpaired) electrons. The highest BCUT2D eigenvalue weighted by Crippen LogP contribution is 2.16. The molecule has 1 heterocycles. The third-order valence-corrected chi connectivity index (χ3v) is 2.95. The molecule has 0 aliphatic rings. The largest absolute Gasteiger partial charge is 0.409 e. The SMILES string of the molecule is CCC(CC)(NC(=O)c1cnccn1)C(N)=NO. The van der Waals surface area contributed by atoms with Gasteiger partial charge in [0.15, 0.2) is 5.84 Å². The highest BCUT2D eigenvalue weighted by atomic mass is 16.4. The maximum Gasteiger partial charge on any atom is 0.272 e. The first-order chi connectivity index (χ1) is 8.59. The predicted molar refractivity (Wildman–Crippen MR) is 66.2 cm³/mol. The molecule has 18 heavy (non-hydrogen) atoms. The zero-order chi connectivity index (χ0) is 13.6. The Morgan fingerprint density at radius 1 is 1.50 bits per heavy atom. The van der Waals surface area contributed by atoms with E-state index in [4.69, 9.17) is 10.9 Å². The maximum absolute atomic E-state index is 12.0. The lowest BCUT2D eigenvalue weighted by Gasteiger charge is -2.31. The van der Waals surface area contributed by atoms with Crippen molar-refractivity contribution in [1.82, 2.24) is 15.3 Å². The molecule has 0 spiro atoms. The molecule has 0 aliphatic heterocycles. The molecule has 1 amide bonds. The quantitative estimate of drug-likeness (QED) is 0.305. The van der Waals surface area contributed by atoms with E-state index in [0.717, 1.165) is 0 Å². The second kappa shape index (κ2) is 5.95. The average Bonchev–Trinajstić information content (AvgIpc) is 2.44. The van der Waals surface area contributed by atoms with Gasteiger partial charge in [0.05, 0.1) is 6.20 Å². The fraction of sp³-hybridized carbons (Fsp3) is 0.455. The normalized spacial score (nSPS) is 12.2. The number of amides is 1. The van der Waals surface area contributed by atoms with Gasteiger partial charge in [-0.15, -0.1) is 0 Å². The molecular weight excluding hydrogens is 234 g/mol. The molecular formula is C11H17N5O2. The molecule has 0 aliphatic carbocycles. The summed E-state index contributed by atoms with van der Waals surface area (Å²) in [5.41, 5.74) is 4.97. The zero-order valence-corrected chi connectivity index (χ0v) is 10.4. The van der Waals surface area contributed by atoms with Crippen molar-refractivity contribution < 1.29 is 10.0 Å². The number of nitrogens with zero attached hydrogens (tertiary/aromatic N) is 3. The number of nitrogens with one attached hydrogen (secondary N) is 1. The molecule has 0 saturated heterocycles. The molecule has 7 nitrogen and oxygen atoms in total. The van der Waals surface area contributed by atoms with Crippen LogP contribution in [0.4, 0.5) is 0 Å².